The lowest BCUT2D eigenvalue weighted by atomic mass is 9.95. The third-order valence-electron chi connectivity index (χ3n) is 3.15. The Balaban J connectivity index is 2.69. The van der Waals surface area contributed by atoms with Crippen LogP contribution in [0, 0.1) is 0 Å². The van der Waals surface area contributed by atoms with Crippen LogP contribution < -0.4 is 4.90 Å². The summed E-state index contributed by atoms with van der Waals surface area (Å²) in [6, 6.07) is 1.51. The van der Waals surface area contributed by atoms with Gasteiger partial charge < -0.3 is 4.74 Å². The lowest BCUT2D eigenvalue weighted by Crippen LogP contribution is -2.56. The van der Waals surface area contributed by atoms with E-state index in [2.05, 4.69) is 4.74 Å². The Kier molecular flexibility index (Phi) is 4.32. The summed E-state index contributed by atoms with van der Waals surface area (Å²) < 4.78 is 84.1. The normalized spacial score (nSPS) is 18.3. The SMILES string of the molecule is CCOC(=O)C1=Cc2ccccc2N(C(F)(F)F)C1C(F)(F)F. The third kappa shape index (κ3) is 3.27. The van der Waals surface area contributed by atoms with Gasteiger partial charge in [-0.15, -0.1) is 0 Å². The standard InChI is InChI=1S/C14H11F6NO2/c1-2-23-12(22)9-7-8-5-3-4-6-10(8)21(14(18,19)20)11(9)13(15,16)17/h3-7,11H,2H2,1H3. The van der Waals surface area contributed by atoms with Crippen molar-refractivity contribution in [2.75, 3.05) is 11.5 Å². The zero-order valence-electron chi connectivity index (χ0n) is 11.7. The molecule has 0 saturated heterocycles. The first-order chi connectivity index (χ1) is 10.6. The largest absolute Gasteiger partial charge is 0.485 e. The summed E-state index contributed by atoms with van der Waals surface area (Å²) in [6.07, 6.45) is -9.86. The van der Waals surface area contributed by atoms with Gasteiger partial charge in [0.2, 0.25) is 0 Å². The molecule has 1 heterocycles. The number of hydrogen-bond donors (Lipinski definition) is 0. The first kappa shape index (κ1) is 17.2. The molecule has 1 aromatic rings. The molecule has 0 saturated carbocycles. The Bertz CT molecular complexity index is 635. The molecule has 0 amide bonds. The number of esters is 1. The van der Waals surface area contributed by atoms with Gasteiger partial charge in [0.25, 0.3) is 0 Å². The van der Waals surface area contributed by atoms with Crippen LogP contribution in [0.1, 0.15) is 12.5 Å². The molecule has 1 aromatic carbocycles. The van der Waals surface area contributed by atoms with Gasteiger partial charge in [-0.2, -0.15) is 26.3 Å². The van der Waals surface area contributed by atoms with E-state index < -0.39 is 40.6 Å². The summed E-state index contributed by atoms with van der Waals surface area (Å²) >= 11 is 0. The Morgan fingerprint density at radius 2 is 1.78 bits per heavy atom. The van der Waals surface area contributed by atoms with Gasteiger partial charge in [0.15, 0.2) is 6.04 Å². The number of halogens is 6. The van der Waals surface area contributed by atoms with Crippen LogP contribution in [-0.2, 0) is 9.53 Å². The second-order valence-electron chi connectivity index (χ2n) is 4.66. The Hall–Kier alpha value is -2.19. The molecular weight excluding hydrogens is 328 g/mol. The number of hydrogen-bond acceptors (Lipinski definition) is 3. The van der Waals surface area contributed by atoms with Crippen LogP contribution in [-0.4, -0.2) is 31.1 Å². The molecule has 1 aliphatic heterocycles. The average molecular weight is 339 g/mol. The second kappa shape index (κ2) is 5.78. The van der Waals surface area contributed by atoms with Crippen LogP contribution in [0.3, 0.4) is 0 Å². The van der Waals surface area contributed by atoms with E-state index in [-0.39, 0.29) is 12.2 Å². The van der Waals surface area contributed by atoms with Gasteiger partial charge in [-0.3, -0.25) is 4.90 Å². The molecule has 2 rings (SSSR count). The first-order valence-corrected chi connectivity index (χ1v) is 6.48. The molecule has 0 aromatic heterocycles. The van der Waals surface area contributed by atoms with Crippen molar-refractivity contribution in [1.82, 2.24) is 0 Å². The summed E-state index contributed by atoms with van der Waals surface area (Å²) in [4.78, 5) is 11.0. The third-order valence-corrected chi connectivity index (χ3v) is 3.15. The number of anilines is 1. The fourth-order valence-corrected chi connectivity index (χ4v) is 2.34. The number of carbonyl (C=O) groups is 1. The van der Waals surface area contributed by atoms with Crippen molar-refractivity contribution >= 4 is 17.7 Å². The Morgan fingerprint density at radius 1 is 1.17 bits per heavy atom. The van der Waals surface area contributed by atoms with E-state index >= 15 is 0 Å². The molecule has 0 N–H and O–H groups in total. The fourth-order valence-electron chi connectivity index (χ4n) is 2.34. The van der Waals surface area contributed by atoms with Gasteiger partial charge in [-0.1, -0.05) is 18.2 Å². The van der Waals surface area contributed by atoms with Crippen LogP contribution in [0.25, 0.3) is 6.08 Å². The van der Waals surface area contributed by atoms with Gasteiger partial charge in [0, 0.05) is 0 Å². The quantitative estimate of drug-likeness (QED) is 0.465. The minimum absolute atomic E-state index is 0.145. The molecule has 23 heavy (non-hydrogen) atoms. The van der Waals surface area contributed by atoms with Crippen molar-refractivity contribution in [3.8, 4) is 0 Å². The van der Waals surface area contributed by atoms with Gasteiger partial charge in [0.05, 0.1) is 17.9 Å². The summed E-state index contributed by atoms with van der Waals surface area (Å²) in [5, 5.41) is 0. The Morgan fingerprint density at radius 3 is 2.30 bits per heavy atom. The highest BCUT2D eigenvalue weighted by atomic mass is 19.4. The second-order valence-corrected chi connectivity index (χ2v) is 4.66. The van der Waals surface area contributed by atoms with E-state index in [4.69, 9.17) is 0 Å². The van der Waals surface area contributed by atoms with E-state index in [0.717, 1.165) is 12.1 Å². The van der Waals surface area contributed by atoms with E-state index in [1.54, 1.807) is 0 Å². The van der Waals surface area contributed by atoms with Crippen molar-refractivity contribution < 1.29 is 35.9 Å². The van der Waals surface area contributed by atoms with E-state index in [1.165, 1.54) is 25.1 Å². The molecule has 1 atom stereocenters. The van der Waals surface area contributed by atoms with E-state index in [1.807, 2.05) is 0 Å². The fraction of sp³-hybridized carbons (Fsp3) is 0.357. The van der Waals surface area contributed by atoms with E-state index in [9.17, 15) is 31.1 Å². The summed E-state index contributed by atoms with van der Waals surface area (Å²) in [7, 11) is 0. The number of para-hydroxylation sites is 1. The molecule has 0 radical (unpaired) electrons. The van der Waals surface area contributed by atoms with Crippen molar-refractivity contribution in [1.29, 1.82) is 0 Å². The van der Waals surface area contributed by atoms with Crippen LogP contribution in [0.2, 0.25) is 0 Å². The number of rotatable bonds is 2. The number of ether oxygens (including phenoxy) is 1. The topological polar surface area (TPSA) is 29.5 Å². The highest BCUT2D eigenvalue weighted by molar-refractivity contribution is 5.99. The lowest BCUT2D eigenvalue weighted by molar-refractivity contribution is -0.187. The summed E-state index contributed by atoms with van der Waals surface area (Å²) in [6.45, 7) is 1.09. The molecule has 0 aliphatic carbocycles. The number of fused-ring (bicyclic) bond motifs is 1. The molecule has 9 heteroatoms. The molecule has 126 valence electrons. The highest BCUT2D eigenvalue weighted by Gasteiger charge is 2.58. The number of carbonyl (C=O) groups excluding carboxylic acids is 1. The molecule has 1 aliphatic rings. The molecule has 3 nitrogen and oxygen atoms in total. The van der Waals surface area contributed by atoms with Crippen LogP contribution >= 0.6 is 0 Å². The number of benzene rings is 1. The monoisotopic (exact) mass is 339 g/mol. The average Bonchev–Trinajstić information content (AvgIpc) is 2.43. The van der Waals surface area contributed by atoms with Crippen LogP contribution in [0.15, 0.2) is 29.8 Å². The maximum Gasteiger partial charge on any atom is 0.485 e. The molecule has 1 unspecified atom stereocenters. The number of alkyl halides is 6. The Labute approximate surface area is 127 Å². The zero-order valence-corrected chi connectivity index (χ0v) is 11.7. The molecule has 0 spiro atoms. The van der Waals surface area contributed by atoms with Gasteiger partial charge in [0.1, 0.15) is 0 Å². The van der Waals surface area contributed by atoms with Gasteiger partial charge in [-0.25, -0.2) is 4.79 Å². The molecular formula is C14H11F6NO2. The smallest absolute Gasteiger partial charge is 0.463 e. The predicted octanol–water partition coefficient (Wildman–Crippen LogP) is 3.90. The van der Waals surface area contributed by atoms with Gasteiger partial charge in [-0.05, 0) is 24.6 Å². The summed E-state index contributed by atoms with van der Waals surface area (Å²) in [5.74, 6) is -1.43. The minimum Gasteiger partial charge on any atom is -0.463 e. The van der Waals surface area contributed by atoms with Gasteiger partial charge >= 0.3 is 18.4 Å². The highest BCUT2D eigenvalue weighted by Crippen LogP contribution is 2.45. The number of nitrogens with zero attached hydrogens (tertiary/aromatic N) is 1. The summed E-state index contributed by atoms with van der Waals surface area (Å²) in [5.41, 5.74) is -1.92. The predicted molar refractivity (Wildman–Crippen MR) is 69.4 cm³/mol. The van der Waals surface area contributed by atoms with Crippen LogP contribution in [0.4, 0.5) is 32.0 Å². The lowest BCUT2D eigenvalue weighted by Gasteiger charge is -2.39. The zero-order chi connectivity index (χ0) is 17.4. The molecule has 0 fully saturated rings. The van der Waals surface area contributed by atoms with Crippen molar-refractivity contribution in [3.63, 3.8) is 0 Å². The van der Waals surface area contributed by atoms with Crippen molar-refractivity contribution in [2.45, 2.75) is 25.4 Å². The van der Waals surface area contributed by atoms with Crippen LogP contribution in [0.5, 0.6) is 0 Å². The maximum absolute atomic E-state index is 13.3. The first-order valence-electron chi connectivity index (χ1n) is 6.48. The molecule has 0 bridgehead atoms. The van der Waals surface area contributed by atoms with Crippen molar-refractivity contribution in [2.24, 2.45) is 0 Å². The van der Waals surface area contributed by atoms with Crippen molar-refractivity contribution in [3.05, 3.63) is 35.4 Å². The maximum atomic E-state index is 13.3. The minimum atomic E-state index is -5.33. The van der Waals surface area contributed by atoms with E-state index in [0.29, 0.717) is 0 Å².